The first-order chi connectivity index (χ1) is 9.79. The van der Waals surface area contributed by atoms with Gasteiger partial charge >= 0.3 is 0 Å². The Morgan fingerprint density at radius 3 is 2.75 bits per heavy atom. The van der Waals surface area contributed by atoms with Gasteiger partial charge in [0, 0.05) is 22.2 Å². The summed E-state index contributed by atoms with van der Waals surface area (Å²) in [5.74, 6) is 0.820. The van der Waals surface area contributed by atoms with E-state index in [9.17, 15) is 0 Å². The molecule has 0 aliphatic carbocycles. The second-order valence-electron chi connectivity index (χ2n) is 4.66. The molecule has 0 amide bonds. The maximum atomic E-state index is 6.03. The maximum absolute atomic E-state index is 6.03. The van der Waals surface area contributed by atoms with E-state index in [1.54, 1.807) is 0 Å². The van der Waals surface area contributed by atoms with E-state index in [1.807, 2.05) is 54.7 Å². The topological polar surface area (TPSA) is 41.6 Å². The van der Waals surface area contributed by atoms with E-state index in [2.05, 4.69) is 15.0 Å². The van der Waals surface area contributed by atoms with Crippen LogP contribution in [0.25, 0.3) is 33.3 Å². The summed E-state index contributed by atoms with van der Waals surface area (Å²) in [6.07, 6.45) is 1.83. The average molecular weight is 280 g/mol. The average Bonchev–Trinajstić information content (AvgIpc) is 2.90. The third-order valence-electron chi connectivity index (χ3n) is 3.31. The number of nitrogens with zero attached hydrogens (tertiary/aromatic N) is 2. The van der Waals surface area contributed by atoms with Crippen LogP contribution in [0.4, 0.5) is 0 Å². The highest BCUT2D eigenvalue weighted by molar-refractivity contribution is 6.31. The minimum Gasteiger partial charge on any atom is -0.338 e. The van der Waals surface area contributed by atoms with Gasteiger partial charge in [-0.15, -0.1) is 0 Å². The van der Waals surface area contributed by atoms with Crippen LogP contribution in [0.1, 0.15) is 0 Å². The zero-order chi connectivity index (χ0) is 13.5. The van der Waals surface area contributed by atoms with E-state index in [0.29, 0.717) is 5.02 Å². The second-order valence-corrected chi connectivity index (χ2v) is 5.10. The molecular formula is C16H10ClN3. The lowest BCUT2D eigenvalue weighted by Crippen LogP contribution is -1.84. The molecule has 4 rings (SSSR count). The van der Waals surface area contributed by atoms with Gasteiger partial charge in [-0.1, -0.05) is 23.7 Å². The van der Waals surface area contributed by atoms with Crippen LogP contribution in [0.15, 0.2) is 54.7 Å². The number of benzene rings is 2. The Labute approximate surface area is 120 Å². The minimum atomic E-state index is 0.709. The molecule has 0 saturated heterocycles. The van der Waals surface area contributed by atoms with Crippen molar-refractivity contribution in [1.82, 2.24) is 15.0 Å². The van der Waals surface area contributed by atoms with Crippen molar-refractivity contribution >= 4 is 33.5 Å². The fraction of sp³-hybridized carbons (Fsp3) is 0. The molecular weight excluding hydrogens is 270 g/mol. The summed E-state index contributed by atoms with van der Waals surface area (Å²) in [5, 5.41) is 1.72. The van der Waals surface area contributed by atoms with Crippen molar-refractivity contribution in [1.29, 1.82) is 0 Å². The van der Waals surface area contributed by atoms with Gasteiger partial charge in [0.1, 0.15) is 5.82 Å². The Kier molecular flexibility index (Phi) is 2.47. The second kappa shape index (κ2) is 4.32. The number of hydrogen-bond acceptors (Lipinski definition) is 2. The van der Waals surface area contributed by atoms with Crippen LogP contribution in [-0.4, -0.2) is 15.0 Å². The highest BCUT2D eigenvalue weighted by Gasteiger charge is 2.06. The first-order valence-corrected chi connectivity index (χ1v) is 6.68. The molecule has 2 aromatic carbocycles. The number of halogens is 1. The molecule has 4 aromatic rings. The SMILES string of the molecule is Clc1ccc2ncc(-c3nc4ccccc4[nH]3)cc2c1. The van der Waals surface area contributed by atoms with Gasteiger partial charge in [0.15, 0.2) is 0 Å². The van der Waals surface area contributed by atoms with Gasteiger partial charge in [0.05, 0.1) is 16.6 Å². The Bertz CT molecular complexity index is 894. The molecule has 0 aliphatic rings. The van der Waals surface area contributed by atoms with Crippen LogP contribution in [0, 0.1) is 0 Å². The Morgan fingerprint density at radius 1 is 0.950 bits per heavy atom. The molecule has 2 heterocycles. The molecule has 2 aromatic heterocycles. The highest BCUT2D eigenvalue weighted by Crippen LogP contribution is 2.24. The molecule has 0 spiro atoms. The van der Waals surface area contributed by atoms with E-state index in [1.165, 1.54) is 0 Å². The van der Waals surface area contributed by atoms with Crippen molar-refractivity contribution in [2.24, 2.45) is 0 Å². The number of fused-ring (bicyclic) bond motifs is 2. The standard InChI is InChI=1S/C16H10ClN3/c17-12-5-6-13-10(8-12)7-11(9-18-13)16-19-14-3-1-2-4-15(14)20-16/h1-9H,(H,19,20). The normalized spacial score (nSPS) is 11.2. The summed E-state index contributed by atoms with van der Waals surface area (Å²) >= 11 is 6.03. The number of pyridine rings is 1. The number of aromatic nitrogens is 3. The summed E-state index contributed by atoms with van der Waals surface area (Å²) in [6, 6.07) is 15.7. The molecule has 0 atom stereocenters. The lowest BCUT2D eigenvalue weighted by Gasteiger charge is -2.01. The van der Waals surface area contributed by atoms with Gasteiger partial charge in [-0.05, 0) is 36.4 Å². The zero-order valence-electron chi connectivity index (χ0n) is 10.5. The first kappa shape index (κ1) is 11.4. The van der Waals surface area contributed by atoms with Crippen LogP contribution >= 0.6 is 11.6 Å². The maximum Gasteiger partial charge on any atom is 0.140 e. The van der Waals surface area contributed by atoms with Crippen molar-refractivity contribution in [3.63, 3.8) is 0 Å². The van der Waals surface area contributed by atoms with Crippen molar-refractivity contribution < 1.29 is 0 Å². The van der Waals surface area contributed by atoms with Gasteiger partial charge in [0.2, 0.25) is 0 Å². The van der Waals surface area contributed by atoms with Crippen molar-refractivity contribution in [2.45, 2.75) is 0 Å². The third-order valence-corrected chi connectivity index (χ3v) is 3.54. The lowest BCUT2D eigenvalue weighted by atomic mass is 10.1. The van der Waals surface area contributed by atoms with E-state index < -0.39 is 0 Å². The van der Waals surface area contributed by atoms with Crippen LogP contribution < -0.4 is 0 Å². The third kappa shape index (κ3) is 1.84. The van der Waals surface area contributed by atoms with E-state index in [-0.39, 0.29) is 0 Å². The fourth-order valence-corrected chi connectivity index (χ4v) is 2.50. The minimum absolute atomic E-state index is 0.709. The molecule has 0 unspecified atom stereocenters. The van der Waals surface area contributed by atoms with E-state index in [4.69, 9.17) is 11.6 Å². The lowest BCUT2D eigenvalue weighted by molar-refractivity contribution is 1.31. The molecule has 96 valence electrons. The van der Waals surface area contributed by atoms with E-state index >= 15 is 0 Å². The number of aromatic amines is 1. The molecule has 20 heavy (non-hydrogen) atoms. The predicted octanol–water partition coefficient (Wildman–Crippen LogP) is 4.43. The number of imidazole rings is 1. The summed E-state index contributed by atoms with van der Waals surface area (Å²) < 4.78 is 0. The van der Waals surface area contributed by atoms with Crippen LogP contribution in [0.2, 0.25) is 5.02 Å². The molecule has 0 bridgehead atoms. The summed E-state index contributed by atoms with van der Waals surface area (Å²) in [7, 11) is 0. The van der Waals surface area contributed by atoms with Crippen molar-refractivity contribution in [3.05, 3.63) is 59.8 Å². The van der Waals surface area contributed by atoms with Crippen LogP contribution in [0.5, 0.6) is 0 Å². The van der Waals surface area contributed by atoms with Gasteiger partial charge < -0.3 is 4.98 Å². The number of nitrogens with one attached hydrogen (secondary N) is 1. The van der Waals surface area contributed by atoms with E-state index in [0.717, 1.165) is 33.3 Å². The first-order valence-electron chi connectivity index (χ1n) is 6.30. The predicted molar refractivity (Wildman–Crippen MR) is 81.8 cm³/mol. The number of H-pyrrole nitrogens is 1. The smallest absolute Gasteiger partial charge is 0.140 e. The fourth-order valence-electron chi connectivity index (χ4n) is 2.32. The molecule has 4 heteroatoms. The number of hydrogen-bond donors (Lipinski definition) is 1. The molecule has 3 nitrogen and oxygen atoms in total. The number of para-hydroxylation sites is 2. The Hall–Kier alpha value is -2.39. The molecule has 1 N–H and O–H groups in total. The highest BCUT2D eigenvalue weighted by atomic mass is 35.5. The van der Waals surface area contributed by atoms with Gasteiger partial charge in [0.25, 0.3) is 0 Å². The van der Waals surface area contributed by atoms with Gasteiger partial charge in [-0.3, -0.25) is 4.98 Å². The summed E-state index contributed by atoms with van der Waals surface area (Å²) in [4.78, 5) is 12.3. The number of rotatable bonds is 1. The summed E-state index contributed by atoms with van der Waals surface area (Å²) in [5.41, 5.74) is 3.85. The zero-order valence-corrected chi connectivity index (χ0v) is 11.2. The van der Waals surface area contributed by atoms with Crippen molar-refractivity contribution in [2.75, 3.05) is 0 Å². The van der Waals surface area contributed by atoms with Crippen LogP contribution in [0.3, 0.4) is 0 Å². The quantitative estimate of drug-likeness (QED) is 0.560. The summed E-state index contributed by atoms with van der Waals surface area (Å²) in [6.45, 7) is 0. The molecule has 0 fully saturated rings. The monoisotopic (exact) mass is 279 g/mol. The van der Waals surface area contributed by atoms with Crippen molar-refractivity contribution in [3.8, 4) is 11.4 Å². The molecule has 0 saturated carbocycles. The Morgan fingerprint density at radius 2 is 1.85 bits per heavy atom. The largest absolute Gasteiger partial charge is 0.338 e. The van der Waals surface area contributed by atoms with Crippen LogP contribution in [-0.2, 0) is 0 Å². The molecule has 0 radical (unpaired) electrons. The Balaban J connectivity index is 1.92. The van der Waals surface area contributed by atoms with Gasteiger partial charge in [-0.2, -0.15) is 0 Å². The molecule has 0 aliphatic heterocycles. The van der Waals surface area contributed by atoms with Gasteiger partial charge in [-0.25, -0.2) is 4.98 Å².